The fourth-order valence-corrected chi connectivity index (χ4v) is 2.78. The monoisotopic (exact) mass is 455 g/mol. The number of nitrogens with zero attached hydrogens (tertiary/aromatic N) is 6. The lowest BCUT2D eigenvalue weighted by atomic mass is 10.3. The van der Waals surface area contributed by atoms with E-state index in [-0.39, 0.29) is 17.2 Å². The molecule has 34 heavy (non-hydrogen) atoms. The molecule has 0 spiro atoms. The largest absolute Gasteiger partial charge is 0.355 e. The van der Waals surface area contributed by atoms with Gasteiger partial charge in [-0.3, -0.25) is 30.7 Å². The van der Waals surface area contributed by atoms with E-state index in [9.17, 15) is 14.9 Å². The van der Waals surface area contributed by atoms with Gasteiger partial charge in [0, 0.05) is 18.1 Å². The van der Waals surface area contributed by atoms with Crippen molar-refractivity contribution in [2.45, 2.75) is 0 Å². The lowest BCUT2D eigenvalue weighted by Crippen LogP contribution is -2.30. The third-order valence-corrected chi connectivity index (χ3v) is 4.39. The number of hydrazine groups is 1. The molecule has 3 N–H and O–H groups in total. The van der Waals surface area contributed by atoms with Crippen LogP contribution in [0.5, 0.6) is 0 Å². The Bertz CT molecular complexity index is 1310. The predicted molar refractivity (Wildman–Crippen MR) is 124 cm³/mol. The first kappa shape index (κ1) is 22.0. The summed E-state index contributed by atoms with van der Waals surface area (Å²) in [7, 11) is 0. The van der Waals surface area contributed by atoms with Crippen molar-refractivity contribution in [3.63, 3.8) is 0 Å². The third kappa shape index (κ3) is 5.50. The van der Waals surface area contributed by atoms with Gasteiger partial charge in [-0.05, 0) is 48.5 Å². The highest BCUT2D eigenvalue weighted by Crippen LogP contribution is 2.31. The van der Waals surface area contributed by atoms with Crippen LogP contribution in [0.25, 0.3) is 0 Å². The van der Waals surface area contributed by atoms with Crippen LogP contribution >= 0.6 is 0 Å². The molecule has 0 aliphatic heterocycles. The average molecular weight is 455 g/mol. The minimum absolute atomic E-state index is 0.0585. The highest BCUT2D eigenvalue weighted by Gasteiger charge is 2.23. The van der Waals surface area contributed by atoms with E-state index in [0.29, 0.717) is 11.4 Å². The number of hydrogen-bond donors (Lipinski definition) is 3. The molecule has 12 nitrogen and oxygen atoms in total. The van der Waals surface area contributed by atoms with Gasteiger partial charge in [-0.1, -0.05) is 18.2 Å². The molecule has 0 aliphatic carbocycles. The topological polar surface area (TPSA) is 160 Å². The van der Waals surface area contributed by atoms with Crippen molar-refractivity contribution in [1.29, 1.82) is 0 Å². The van der Waals surface area contributed by atoms with Gasteiger partial charge in [-0.25, -0.2) is 9.97 Å². The van der Waals surface area contributed by atoms with Crippen molar-refractivity contribution in [1.82, 2.24) is 20.4 Å². The Balaban J connectivity index is 1.48. The molecule has 1 amide bonds. The Hall–Kier alpha value is -5.26. The van der Waals surface area contributed by atoms with Gasteiger partial charge in [0.2, 0.25) is 11.6 Å². The fraction of sp³-hybridized carbons (Fsp3) is 0. The summed E-state index contributed by atoms with van der Waals surface area (Å²) in [6.07, 6.45) is 4.02. The zero-order chi connectivity index (χ0) is 23.8. The van der Waals surface area contributed by atoms with Crippen molar-refractivity contribution in [3.05, 3.63) is 101 Å². The zero-order valence-electron chi connectivity index (χ0n) is 17.5. The molecular formula is C22H17N9O3. The molecule has 2 aromatic heterocycles. The zero-order valence-corrected chi connectivity index (χ0v) is 17.5. The first-order valence-corrected chi connectivity index (χ1v) is 9.90. The van der Waals surface area contributed by atoms with E-state index in [1.807, 2.05) is 30.3 Å². The van der Waals surface area contributed by atoms with E-state index in [1.54, 1.807) is 36.4 Å². The summed E-state index contributed by atoms with van der Waals surface area (Å²) in [6.45, 7) is 0. The quantitative estimate of drug-likeness (QED) is 0.196. The van der Waals surface area contributed by atoms with Crippen molar-refractivity contribution < 1.29 is 9.72 Å². The smallest absolute Gasteiger partial charge is 0.334 e. The van der Waals surface area contributed by atoms with Crippen LogP contribution in [0, 0.1) is 10.1 Å². The van der Waals surface area contributed by atoms with E-state index in [4.69, 9.17) is 0 Å². The van der Waals surface area contributed by atoms with Crippen LogP contribution in [0.1, 0.15) is 10.4 Å². The molecule has 2 aromatic carbocycles. The number of nitro groups is 1. The first-order valence-electron chi connectivity index (χ1n) is 9.90. The number of carbonyl (C=O) groups is 1. The highest BCUT2D eigenvalue weighted by atomic mass is 16.6. The number of benzene rings is 2. The van der Waals surface area contributed by atoms with Gasteiger partial charge in [0.15, 0.2) is 0 Å². The molecule has 168 valence electrons. The second kappa shape index (κ2) is 10.4. The molecule has 4 aromatic rings. The number of hydrogen-bond acceptors (Lipinski definition) is 10. The van der Waals surface area contributed by atoms with Crippen LogP contribution in [-0.4, -0.2) is 25.8 Å². The van der Waals surface area contributed by atoms with Crippen LogP contribution in [0.3, 0.4) is 0 Å². The lowest BCUT2D eigenvalue weighted by Gasteiger charge is -2.11. The molecule has 0 bridgehead atoms. The number of azo groups is 1. The molecule has 12 heteroatoms. The van der Waals surface area contributed by atoms with E-state index in [0.717, 1.165) is 12.0 Å². The Morgan fingerprint density at radius 3 is 2.26 bits per heavy atom. The van der Waals surface area contributed by atoms with Crippen molar-refractivity contribution in [2.24, 2.45) is 10.2 Å². The molecule has 0 atom stereocenters. The molecule has 4 rings (SSSR count). The summed E-state index contributed by atoms with van der Waals surface area (Å²) >= 11 is 0. The number of pyridine rings is 1. The molecule has 2 heterocycles. The Morgan fingerprint density at radius 2 is 1.59 bits per heavy atom. The highest BCUT2D eigenvalue weighted by molar-refractivity contribution is 5.94. The standard InChI is InChI=1S/C22H17N9O3/c32-22(15-5-4-12-23-13-15)30-29-21-19(31(33)34)20(24-14-25-21)26-16-8-10-18(11-9-16)28-27-17-6-2-1-3-7-17/h1-14H,(H,30,32)(H2,24,25,26,29). The van der Waals surface area contributed by atoms with Gasteiger partial charge < -0.3 is 5.32 Å². The summed E-state index contributed by atoms with van der Waals surface area (Å²) in [5.41, 5.74) is 6.52. The summed E-state index contributed by atoms with van der Waals surface area (Å²) in [6, 6.07) is 19.2. The van der Waals surface area contributed by atoms with Crippen molar-refractivity contribution in [3.8, 4) is 0 Å². The van der Waals surface area contributed by atoms with Crippen molar-refractivity contribution >= 4 is 40.3 Å². The summed E-state index contributed by atoms with van der Waals surface area (Å²) in [5, 5.41) is 22.9. The fourth-order valence-electron chi connectivity index (χ4n) is 2.78. The Kier molecular flexibility index (Phi) is 6.69. The third-order valence-electron chi connectivity index (χ3n) is 4.39. The number of rotatable bonds is 8. The second-order valence-corrected chi connectivity index (χ2v) is 6.70. The molecule has 0 radical (unpaired) electrons. The maximum Gasteiger partial charge on any atom is 0.355 e. The molecule has 0 aliphatic rings. The number of amides is 1. The minimum atomic E-state index is -0.649. The van der Waals surface area contributed by atoms with Gasteiger partial charge in [0.05, 0.1) is 21.9 Å². The summed E-state index contributed by atoms with van der Waals surface area (Å²) < 4.78 is 0. The van der Waals surface area contributed by atoms with Crippen LogP contribution in [0.4, 0.5) is 34.4 Å². The molecule has 0 saturated carbocycles. The average Bonchev–Trinajstić information content (AvgIpc) is 2.88. The molecular weight excluding hydrogens is 438 g/mol. The van der Waals surface area contributed by atoms with E-state index in [2.05, 4.69) is 41.3 Å². The van der Waals surface area contributed by atoms with Gasteiger partial charge in [-0.15, -0.1) is 0 Å². The van der Waals surface area contributed by atoms with Crippen molar-refractivity contribution in [2.75, 3.05) is 10.7 Å². The summed E-state index contributed by atoms with van der Waals surface area (Å²) in [5.74, 6) is -0.777. The number of nitrogens with one attached hydrogen (secondary N) is 3. The van der Waals surface area contributed by atoms with E-state index >= 15 is 0 Å². The molecule has 0 saturated heterocycles. The van der Waals surface area contributed by atoms with Crippen LogP contribution < -0.4 is 16.2 Å². The van der Waals surface area contributed by atoms with Gasteiger partial charge in [0.1, 0.15) is 6.33 Å². The minimum Gasteiger partial charge on any atom is -0.334 e. The van der Waals surface area contributed by atoms with E-state index in [1.165, 1.54) is 12.4 Å². The van der Waals surface area contributed by atoms with Gasteiger partial charge in [-0.2, -0.15) is 10.2 Å². The lowest BCUT2D eigenvalue weighted by molar-refractivity contribution is -0.383. The predicted octanol–water partition coefficient (Wildman–Crippen LogP) is 4.70. The van der Waals surface area contributed by atoms with Crippen LogP contribution in [0.15, 0.2) is 95.7 Å². The normalized spacial score (nSPS) is 10.6. The van der Waals surface area contributed by atoms with Gasteiger partial charge >= 0.3 is 5.69 Å². The Morgan fingerprint density at radius 1 is 0.882 bits per heavy atom. The maximum absolute atomic E-state index is 12.2. The van der Waals surface area contributed by atoms with Crippen LogP contribution in [0.2, 0.25) is 0 Å². The molecule has 0 fully saturated rings. The first-order chi connectivity index (χ1) is 16.6. The number of aromatic nitrogens is 3. The van der Waals surface area contributed by atoms with E-state index < -0.39 is 16.5 Å². The summed E-state index contributed by atoms with van der Waals surface area (Å²) in [4.78, 5) is 35.0. The van der Waals surface area contributed by atoms with Crippen LogP contribution in [-0.2, 0) is 0 Å². The maximum atomic E-state index is 12.2. The van der Waals surface area contributed by atoms with Gasteiger partial charge in [0.25, 0.3) is 5.91 Å². The molecule has 0 unspecified atom stereocenters. The number of anilines is 3. The Labute approximate surface area is 193 Å². The SMILES string of the molecule is O=C(NNc1ncnc(Nc2ccc(N=Nc3ccccc3)cc2)c1[N+](=O)[O-])c1cccnc1. The second-order valence-electron chi connectivity index (χ2n) is 6.70. The number of carbonyl (C=O) groups excluding carboxylic acids is 1.